The summed E-state index contributed by atoms with van der Waals surface area (Å²) in [5.74, 6) is -1.06. The van der Waals surface area contributed by atoms with Gasteiger partial charge in [-0.15, -0.1) is 0 Å². The SMILES string of the molecule is NCCNC(=O)C(=O)N1CCCC1c1ccncc1. The van der Waals surface area contributed by atoms with Crippen LogP contribution in [0.4, 0.5) is 0 Å². The third kappa shape index (κ3) is 3.08. The maximum atomic E-state index is 12.1. The number of amides is 2. The molecule has 2 amide bonds. The third-order valence-corrected chi connectivity index (χ3v) is 3.23. The van der Waals surface area contributed by atoms with Crippen molar-refractivity contribution in [2.75, 3.05) is 19.6 Å². The molecule has 6 heteroatoms. The zero-order valence-corrected chi connectivity index (χ0v) is 10.7. The Morgan fingerprint density at radius 1 is 1.42 bits per heavy atom. The van der Waals surface area contributed by atoms with Crippen LogP contribution in [-0.4, -0.2) is 41.3 Å². The summed E-state index contributed by atoms with van der Waals surface area (Å²) in [5, 5.41) is 2.51. The Hall–Kier alpha value is -1.95. The van der Waals surface area contributed by atoms with E-state index in [1.807, 2.05) is 12.1 Å². The van der Waals surface area contributed by atoms with Crippen LogP contribution in [0.2, 0.25) is 0 Å². The molecule has 1 aromatic rings. The molecule has 102 valence electrons. The molecule has 1 aliphatic rings. The summed E-state index contributed by atoms with van der Waals surface area (Å²) in [6.07, 6.45) is 5.18. The first-order valence-electron chi connectivity index (χ1n) is 6.43. The zero-order chi connectivity index (χ0) is 13.7. The van der Waals surface area contributed by atoms with Crippen LogP contribution in [0.1, 0.15) is 24.4 Å². The highest BCUT2D eigenvalue weighted by Gasteiger charge is 2.33. The summed E-state index contributed by atoms with van der Waals surface area (Å²) in [6.45, 7) is 1.26. The number of pyridine rings is 1. The Morgan fingerprint density at radius 2 is 2.16 bits per heavy atom. The van der Waals surface area contributed by atoms with Crippen molar-refractivity contribution < 1.29 is 9.59 Å². The van der Waals surface area contributed by atoms with Gasteiger partial charge in [0.05, 0.1) is 6.04 Å². The number of hydrogen-bond acceptors (Lipinski definition) is 4. The van der Waals surface area contributed by atoms with Crippen LogP contribution in [0, 0.1) is 0 Å². The Kier molecular flexibility index (Phi) is 4.46. The summed E-state index contributed by atoms with van der Waals surface area (Å²) in [4.78, 5) is 29.4. The van der Waals surface area contributed by atoms with Crippen LogP contribution in [-0.2, 0) is 9.59 Å². The highest BCUT2D eigenvalue weighted by molar-refractivity contribution is 6.35. The molecule has 1 fully saturated rings. The van der Waals surface area contributed by atoms with Gasteiger partial charge in [0.25, 0.3) is 0 Å². The van der Waals surface area contributed by atoms with Gasteiger partial charge in [0.15, 0.2) is 0 Å². The van der Waals surface area contributed by atoms with E-state index in [0.29, 0.717) is 19.6 Å². The molecular weight excluding hydrogens is 244 g/mol. The molecule has 2 rings (SSSR count). The predicted octanol–water partition coefficient (Wildman–Crippen LogP) is -0.180. The van der Waals surface area contributed by atoms with Gasteiger partial charge in [-0.3, -0.25) is 14.6 Å². The second-order valence-corrected chi connectivity index (χ2v) is 4.48. The van der Waals surface area contributed by atoms with E-state index in [9.17, 15) is 9.59 Å². The van der Waals surface area contributed by atoms with Crippen LogP contribution in [0.25, 0.3) is 0 Å². The van der Waals surface area contributed by atoms with Crippen LogP contribution in [0.15, 0.2) is 24.5 Å². The summed E-state index contributed by atoms with van der Waals surface area (Å²) in [6, 6.07) is 3.74. The Labute approximate surface area is 112 Å². The molecule has 19 heavy (non-hydrogen) atoms. The van der Waals surface area contributed by atoms with E-state index in [2.05, 4.69) is 10.3 Å². The van der Waals surface area contributed by atoms with E-state index in [4.69, 9.17) is 5.73 Å². The second-order valence-electron chi connectivity index (χ2n) is 4.48. The largest absolute Gasteiger partial charge is 0.347 e. The normalized spacial score (nSPS) is 18.4. The lowest BCUT2D eigenvalue weighted by atomic mass is 10.1. The number of aromatic nitrogens is 1. The van der Waals surface area contributed by atoms with Gasteiger partial charge in [-0.1, -0.05) is 0 Å². The number of rotatable bonds is 3. The van der Waals surface area contributed by atoms with Gasteiger partial charge >= 0.3 is 11.8 Å². The van der Waals surface area contributed by atoms with Crippen molar-refractivity contribution in [2.45, 2.75) is 18.9 Å². The van der Waals surface area contributed by atoms with E-state index in [1.165, 1.54) is 0 Å². The van der Waals surface area contributed by atoms with Gasteiger partial charge in [0.1, 0.15) is 0 Å². The van der Waals surface area contributed by atoms with Gasteiger partial charge < -0.3 is 16.0 Å². The minimum Gasteiger partial charge on any atom is -0.347 e. The van der Waals surface area contributed by atoms with Crippen LogP contribution in [0.3, 0.4) is 0 Å². The molecule has 0 aliphatic carbocycles. The number of hydrogen-bond donors (Lipinski definition) is 2. The van der Waals surface area contributed by atoms with Crippen molar-refractivity contribution in [1.29, 1.82) is 0 Å². The zero-order valence-electron chi connectivity index (χ0n) is 10.7. The summed E-state index contributed by atoms with van der Waals surface area (Å²) >= 11 is 0. The monoisotopic (exact) mass is 262 g/mol. The van der Waals surface area contributed by atoms with Crippen LogP contribution >= 0.6 is 0 Å². The van der Waals surface area contributed by atoms with Gasteiger partial charge in [-0.2, -0.15) is 0 Å². The van der Waals surface area contributed by atoms with Crippen molar-refractivity contribution in [3.8, 4) is 0 Å². The third-order valence-electron chi connectivity index (χ3n) is 3.23. The maximum Gasteiger partial charge on any atom is 0.312 e. The highest BCUT2D eigenvalue weighted by Crippen LogP contribution is 2.31. The average molecular weight is 262 g/mol. The lowest BCUT2D eigenvalue weighted by Crippen LogP contribution is -2.43. The van der Waals surface area contributed by atoms with Crippen molar-refractivity contribution in [3.63, 3.8) is 0 Å². The molecular formula is C13H18N4O2. The molecule has 0 spiro atoms. The van der Waals surface area contributed by atoms with Gasteiger partial charge in [0.2, 0.25) is 0 Å². The molecule has 0 radical (unpaired) electrons. The van der Waals surface area contributed by atoms with Crippen LogP contribution in [0.5, 0.6) is 0 Å². The average Bonchev–Trinajstić information content (AvgIpc) is 2.94. The van der Waals surface area contributed by atoms with E-state index in [0.717, 1.165) is 18.4 Å². The number of carbonyl (C=O) groups is 2. The standard InChI is InChI=1S/C13H18N4O2/c14-5-8-16-12(18)13(19)17-9-1-2-11(17)10-3-6-15-7-4-10/h3-4,6-7,11H,1-2,5,8-9,14H2,(H,16,18). The second kappa shape index (κ2) is 6.29. The number of carbonyl (C=O) groups excluding carboxylic acids is 2. The van der Waals surface area contributed by atoms with E-state index in [-0.39, 0.29) is 6.04 Å². The fourth-order valence-corrected chi connectivity index (χ4v) is 2.33. The molecule has 1 aliphatic heterocycles. The number of nitrogens with zero attached hydrogens (tertiary/aromatic N) is 2. The van der Waals surface area contributed by atoms with E-state index >= 15 is 0 Å². The van der Waals surface area contributed by atoms with Gasteiger partial charge in [-0.05, 0) is 30.5 Å². The first-order valence-corrected chi connectivity index (χ1v) is 6.43. The highest BCUT2D eigenvalue weighted by atomic mass is 16.2. The molecule has 1 unspecified atom stereocenters. The maximum absolute atomic E-state index is 12.1. The van der Waals surface area contributed by atoms with Crippen molar-refractivity contribution in [2.24, 2.45) is 5.73 Å². The van der Waals surface area contributed by atoms with Crippen molar-refractivity contribution in [1.82, 2.24) is 15.2 Å². The first kappa shape index (κ1) is 13.5. The smallest absolute Gasteiger partial charge is 0.312 e. The molecule has 3 N–H and O–H groups in total. The molecule has 1 aromatic heterocycles. The Balaban J connectivity index is 2.06. The lowest BCUT2D eigenvalue weighted by Gasteiger charge is -2.24. The first-order chi connectivity index (χ1) is 9.24. The quantitative estimate of drug-likeness (QED) is 0.740. The van der Waals surface area contributed by atoms with Gasteiger partial charge in [0, 0.05) is 32.0 Å². The summed E-state index contributed by atoms with van der Waals surface area (Å²) in [7, 11) is 0. The van der Waals surface area contributed by atoms with Crippen molar-refractivity contribution >= 4 is 11.8 Å². The predicted molar refractivity (Wildman–Crippen MR) is 70.0 cm³/mol. The summed E-state index contributed by atoms with van der Waals surface area (Å²) < 4.78 is 0. The summed E-state index contributed by atoms with van der Waals surface area (Å²) in [5.41, 5.74) is 6.32. The minimum atomic E-state index is -0.577. The number of nitrogens with two attached hydrogens (primary N) is 1. The Morgan fingerprint density at radius 3 is 2.84 bits per heavy atom. The van der Waals surface area contributed by atoms with Crippen molar-refractivity contribution in [3.05, 3.63) is 30.1 Å². The van der Waals surface area contributed by atoms with Crippen LogP contribution < -0.4 is 11.1 Å². The minimum absolute atomic E-state index is 0.0286. The number of nitrogens with one attached hydrogen (secondary N) is 1. The number of likely N-dealkylation sites (tertiary alicyclic amines) is 1. The topological polar surface area (TPSA) is 88.3 Å². The molecule has 0 bridgehead atoms. The molecule has 1 atom stereocenters. The fourth-order valence-electron chi connectivity index (χ4n) is 2.33. The molecule has 0 saturated carbocycles. The lowest BCUT2D eigenvalue weighted by molar-refractivity contribution is -0.146. The van der Waals surface area contributed by atoms with E-state index < -0.39 is 11.8 Å². The Bertz CT molecular complexity index is 449. The van der Waals surface area contributed by atoms with Gasteiger partial charge in [-0.25, -0.2) is 0 Å². The molecule has 0 aromatic carbocycles. The fraction of sp³-hybridized carbons (Fsp3) is 0.462. The molecule has 1 saturated heterocycles. The molecule has 2 heterocycles. The molecule has 6 nitrogen and oxygen atoms in total. The van der Waals surface area contributed by atoms with E-state index in [1.54, 1.807) is 17.3 Å².